The van der Waals surface area contributed by atoms with Crippen LogP contribution in [0.15, 0.2) is 60.7 Å². The highest BCUT2D eigenvalue weighted by molar-refractivity contribution is 5.62. The van der Waals surface area contributed by atoms with Gasteiger partial charge in [0.15, 0.2) is 0 Å². The highest BCUT2D eigenvalue weighted by Crippen LogP contribution is 2.27. The average Bonchev–Trinajstić information content (AvgIpc) is 2.46. The lowest BCUT2D eigenvalue weighted by atomic mass is 9.86. The van der Waals surface area contributed by atoms with Crippen molar-refractivity contribution in [1.82, 2.24) is 5.32 Å². The molecule has 1 unspecified atom stereocenters. The Labute approximate surface area is 108 Å². The number of hydrogen-bond donors (Lipinski definition) is 1. The Kier molecular flexibility index (Phi) is 4.26. The van der Waals surface area contributed by atoms with E-state index in [-0.39, 0.29) is 12.0 Å². The minimum absolute atomic E-state index is 0.0508. The molecule has 0 aliphatic rings. The van der Waals surface area contributed by atoms with Crippen LogP contribution in [0.4, 0.5) is 0 Å². The third-order valence-corrected chi connectivity index (χ3v) is 3.16. The van der Waals surface area contributed by atoms with Gasteiger partial charge in [0.2, 0.25) is 0 Å². The third-order valence-electron chi connectivity index (χ3n) is 3.16. The van der Waals surface area contributed by atoms with Crippen LogP contribution in [-0.4, -0.2) is 19.4 Å². The van der Waals surface area contributed by atoms with Crippen molar-refractivity contribution in [1.29, 1.82) is 0 Å². The summed E-state index contributed by atoms with van der Waals surface area (Å²) < 4.78 is 0. The minimum atomic E-state index is -0.213. The molecule has 0 aliphatic heterocycles. The van der Waals surface area contributed by atoms with E-state index >= 15 is 0 Å². The Morgan fingerprint density at radius 3 is 1.67 bits per heavy atom. The first-order chi connectivity index (χ1) is 8.86. The number of likely N-dealkylation sites (N-methyl/N-ethyl adjacent to an activating group) is 1. The number of carbonyl (C=O) groups excluding carboxylic acids is 1. The summed E-state index contributed by atoms with van der Waals surface area (Å²) >= 11 is 0. The van der Waals surface area contributed by atoms with Crippen LogP contribution < -0.4 is 5.32 Å². The molecule has 0 aliphatic carbocycles. The van der Waals surface area contributed by atoms with E-state index < -0.39 is 0 Å². The van der Waals surface area contributed by atoms with Gasteiger partial charge in [0, 0.05) is 5.92 Å². The molecule has 0 bridgehead atoms. The van der Waals surface area contributed by atoms with Gasteiger partial charge in [-0.1, -0.05) is 60.7 Å². The fourth-order valence-electron chi connectivity index (χ4n) is 2.24. The van der Waals surface area contributed by atoms with Crippen LogP contribution in [0.1, 0.15) is 17.0 Å². The molecule has 1 N–H and O–H groups in total. The summed E-state index contributed by atoms with van der Waals surface area (Å²) in [4.78, 5) is 11.3. The van der Waals surface area contributed by atoms with Gasteiger partial charge in [-0.25, -0.2) is 0 Å². The highest BCUT2D eigenvalue weighted by Gasteiger charge is 2.22. The maximum absolute atomic E-state index is 11.3. The first-order valence-corrected chi connectivity index (χ1v) is 6.09. The Morgan fingerprint density at radius 1 is 0.889 bits per heavy atom. The Morgan fingerprint density at radius 2 is 1.33 bits per heavy atom. The summed E-state index contributed by atoms with van der Waals surface area (Å²) in [5.74, 6) is 0.0508. The number of benzene rings is 2. The molecule has 18 heavy (non-hydrogen) atoms. The molecule has 0 aromatic heterocycles. The van der Waals surface area contributed by atoms with Gasteiger partial charge in [0.05, 0.1) is 6.04 Å². The van der Waals surface area contributed by atoms with Crippen molar-refractivity contribution in [2.45, 2.75) is 12.0 Å². The zero-order valence-electron chi connectivity index (χ0n) is 10.4. The standard InChI is InChI=1S/C16H17NO/c1-17-15(12-18)16(13-8-4-2-5-9-13)14-10-6-3-7-11-14/h2-12,15-17H,1H3. The van der Waals surface area contributed by atoms with Crippen molar-refractivity contribution in [3.8, 4) is 0 Å². The molecule has 2 aromatic carbocycles. The summed E-state index contributed by atoms with van der Waals surface area (Å²) in [6, 6.07) is 20.0. The predicted molar refractivity (Wildman–Crippen MR) is 73.6 cm³/mol. The molecule has 92 valence electrons. The molecule has 2 aromatic rings. The Balaban J connectivity index is 2.44. The first-order valence-electron chi connectivity index (χ1n) is 6.09. The summed E-state index contributed by atoms with van der Waals surface area (Å²) in [6.45, 7) is 0. The maximum Gasteiger partial charge on any atom is 0.137 e. The summed E-state index contributed by atoms with van der Waals surface area (Å²) in [5, 5.41) is 3.08. The zero-order chi connectivity index (χ0) is 12.8. The van der Waals surface area contributed by atoms with Crippen LogP contribution in [0.25, 0.3) is 0 Å². The summed E-state index contributed by atoms with van der Waals surface area (Å²) in [7, 11) is 1.82. The van der Waals surface area contributed by atoms with Crippen LogP contribution in [0, 0.1) is 0 Å². The van der Waals surface area contributed by atoms with E-state index in [1.807, 2.05) is 43.4 Å². The smallest absolute Gasteiger partial charge is 0.137 e. The second-order valence-electron chi connectivity index (χ2n) is 4.25. The van der Waals surface area contributed by atoms with Crippen LogP contribution in [0.2, 0.25) is 0 Å². The van der Waals surface area contributed by atoms with Crippen molar-refractivity contribution in [3.63, 3.8) is 0 Å². The van der Waals surface area contributed by atoms with Gasteiger partial charge in [0.25, 0.3) is 0 Å². The number of carbonyl (C=O) groups is 1. The van der Waals surface area contributed by atoms with Gasteiger partial charge in [-0.3, -0.25) is 0 Å². The maximum atomic E-state index is 11.3. The number of hydrogen-bond acceptors (Lipinski definition) is 2. The van der Waals surface area contributed by atoms with Crippen molar-refractivity contribution >= 4 is 6.29 Å². The highest BCUT2D eigenvalue weighted by atomic mass is 16.1. The monoisotopic (exact) mass is 239 g/mol. The molecule has 0 saturated heterocycles. The van der Waals surface area contributed by atoms with Crippen LogP contribution in [0.3, 0.4) is 0 Å². The van der Waals surface area contributed by atoms with Crippen LogP contribution >= 0.6 is 0 Å². The van der Waals surface area contributed by atoms with Gasteiger partial charge >= 0.3 is 0 Å². The second-order valence-corrected chi connectivity index (χ2v) is 4.25. The normalized spacial score (nSPS) is 12.3. The van der Waals surface area contributed by atoms with E-state index in [2.05, 4.69) is 29.6 Å². The minimum Gasteiger partial charge on any atom is -0.310 e. The fourth-order valence-corrected chi connectivity index (χ4v) is 2.24. The van der Waals surface area contributed by atoms with E-state index in [1.165, 1.54) is 0 Å². The van der Waals surface area contributed by atoms with Gasteiger partial charge in [-0.05, 0) is 18.2 Å². The Hall–Kier alpha value is -1.93. The summed E-state index contributed by atoms with van der Waals surface area (Å²) in [5.41, 5.74) is 2.30. The van der Waals surface area contributed by atoms with E-state index in [9.17, 15) is 4.79 Å². The van der Waals surface area contributed by atoms with E-state index in [0.29, 0.717) is 0 Å². The first kappa shape index (κ1) is 12.5. The molecule has 0 saturated carbocycles. The number of aldehydes is 1. The lowest BCUT2D eigenvalue weighted by molar-refractivity contribution is -0.109. The van der Waals surface area contributed by atoms with E-state index in [4.69, 9.17) is 0 Å². The SMILES string of the molecule is CNC(C=O)C(c1ccccc1)c1ccccc1. The van der Waals surface area contributed by atoms with E-state index in [1.54, 1.807) is 0 Å². The van der Waals surface area contributed by atoms with Gasteiger partial charge < -0.3 is 10.1 Å². The fraction of sp³-hybridized carbons (Fsp3) is 0.188. The molecule has 0 fully saturated rings. The number of rotatable bonds is 5. The van der Waals surface area contributed by atoms with Crippen molar-refractivity contribution < 1.29 is 4.79 Å². The van der Waals surface area contributed by atoms with Crippen LogP contribution in [-0.2, 0) is 4.79 Å². The third kappa shape index (κ3) is 2.66. The van der Waals surface area contributed by atoms with Crippen molar-refractivity contribution in [2.24, 2.45) is 0 Å². The lowest BCUT2D eigenvalue weighted by Crippen LogP contribution is -2.34. The van der Waals surface area contributed by atoms with Crippen molar-refractivity contribution in [3.05, 3.63) is 71.8 Å². The molecule has 0 radical (unpaired) electrons. The average molecular weight is 239 g/mol. The Bertz CT molecular complexity index is 441. The van der Waals surface area contributed by atoms with Crippen LogP contribution in [0.5, 0.6) is 0 Å². The predicted octanol–water partition coefficient (Wildman–Crippen LogP) is 2.61. The zero-order valence-corrected chi connectivity index (χ0v) is 10.4. The lowest BCUT2D eigenvalue weighted by Gasteiger charge is -2.23. The largest absolute Gasteiger partial charge is 0.310 e. The van der Waals surface area contributed by atoms with E-state index in [0.717, 1.165) is 17.4 Å². The molecule has 2 nitrogen and oxygen atoms in total. The van der Waals surface area contributed by atoms with Gasteiger partial charge in [-0.15, -0.1) is 0 Å². The molecule has 0 spiro atoms. The molecular weight excluding hydrogens is 222 g/mol. The topological polar surface area (TPSA) is 29.1 Å². The van der Waals surface area contributed by atoms with Crippen molar-refractivity contribution in [2.75, 3.05) is 7.05 Å². The molecule has 1 atom stereocenters. The molecule has 0 amide bonds. The second kappa shape index (κ2) is 6.12. The van der Waals surface area contributed by atoms with Gasteiger partial charge in [-0.2, -0.15) is 0 Å². The number of nitrogens with one attached hydrogen (secondary N) is 1. The molecular formula is C16H17NO. The quantitative estimate of drug-likeness (QED) is 0.813. The molecule has 2 rings (SSSR count). The molecule has 2 heteroatoms. The molecule has 0 heterocycles. The van der Waals surface area contributed by atoms with Gasteiger partial charge in [0.1, 0.15) is 6.29 Å². The summed E-state index contributed by atoms with van der Waals surface area (Å²) in [6.07, 6.45) is 0.977.